The highest BCUT2D eigenvalue weighted by Gasteiger charge is 2.11. The van der Waals surface area contributed by atoms with Crippen LogP contribution in [0.5, 0.6) is 0 Å². The minimum Gasteiger partial charge on any atom is -0.480 e. The van der Waals surface area contributed by atoms with Crippen molar-refractivity contribution in [2.24, 2.45) is 0 Å². The molecule has 2 aromatic rings. The van der Waals surface area contributed by atoms with Crippen molar-refractivity contribution < 1.29 is 14.3 Å². The number of benzene rings is 2. The van der Waals surface area contributed by atoms with Crippen LogP contribution in [-0.2, 0) is 11.3 Å². The fraction of sp³-hybridized carbons (Fsp3) is 0.188. The molecule has 0 aliphatic rings. The van der Waals surface area contributed by atoms with Crippen molar-refractivity contribution >= 4 is 11.7 Å². The highest BCUT2D eigenvalue weighted by molar-refractivity contribution is 5.73. The molecule has 0 radical (unpaired) electrons. The first-order valence-corrected chi connectivity index (χ1v) is 6.32. The van der Waals surface area contributed by atoms with Gasteiger partial charge in [-0.25, -0.2) is 4.39 Å². The maximum atomic E-state index is 12.9. The number of aliphatic carboxylic acids is 1. The average molecular weight is 273 g/mol. The largest absolute Gasteiger partial charge is 0.480 e. The topological polar surface area (TPSA) is 40.5 Å². The van der Waals surface area contributed by atoms with Crippen molar-refractivity contribution in [1.82, 2.24) is 0 Å². The average Bonchev–Trinajstić information content (AvgIpc) is 2.41. The number of aryl methyl sites for hydroxylation is 1. The number of carboxylic acid groups (broad SMARTS) is 1. The number of halogens is 1. The lowest BCUT2D eigenvalue weighted by Crippen LogP contribution is -2.29. The van der Waals surface area contributed by atoms with Crippen LogP contribution in [0.25, 0.3) is 0 Å². The third kappa shape index (κ3) is 3.82. The molecular formula is C16H16FNO2. The second-order valence-corrected chi connectivity index (χ2v) is 4.71. The van der Waals surface area contributed by atoms with Gasteiger partial charge in [0.2, 0.25) is 0 Å². The molecule has 2 aromatic carbocycles. The van der Waals surface area contributed by atoms with E-state index in [1.165, 1.54) is 12.1 Å². The molecule has 0 aliphatic carbocycles. The maximum absolute atomic E-state index is 12.9. The normalized spacial score (nSPS) is 10.3. The van der Waals surface area contributed by atoms with Crippen molar-refractivity contribution in [3.63, 3.8) is 0 Å². The summed E-state index contributed by atoms with van der Waals surface area (Å²) < 4.78 is 12.9. The summed E-state index contributed by atoms with van der Waals surface area (Å²) in [5.74, 6) is -1.25. The first-order valence-electron chi connectivity index (χ1n) is 6.32. The van der Waals surface area contributed by atoms with Crippen LogP contribution in [0.2, 0.25) is 0 Å². The molecular weight excluding hydrogens is 257 g/mol. The van der Waals surface area contributed by atoms with Gasteiger partial charge in [0, 0.05) is 12.2 Å². The Labute approximate surface area is 117 Å². The van der Waals surface area contributed by atoms with E-state index in [9.17, 15) is 9.18 Å². The van der Waals surface area contributed by atoms with Crippen LogP contribution in [0.15, 0.2) is 48.5 Å². The summed E-state index contributed by atoms with van der Waals surface area (Å²) in [5, 5.41) is 9.01. The fourth-order valence-corrected chi connectivity index (χ4v) is 1.97. The third-order valence-electron chi connectivity index (χ3n) is 3.01. The Bertz CT molecular complexity index is 578. The van der Waals surface area contributed by atoms with Gasteiger partial charge in [0.25, 0.3) is 0 Å². The van der Waals surface area contributed by atoms with Crippen molar-refractivity contribution in [3.05, 3.63) is 65.5 Å². The molecule has 2 rings (SSSR count). The lowest BCUT2D eigenvalue weighted by molar-refractivity contribution is -0.135. The summed E-state index contributed by atoms with van der Waals surface area (Å²) in [6.45, 7) is 2.34. The molecule has 0 bridgehead atoms. The Kier molecular flexibility index (Phi) is 4.35. The second kappa shape index (κ2) is 6.19. The number of hydrogen-bond acceptors (Lipinski definition) is 2. The maximum Gasteiger partial charge on any atom is 0.323 e. The highest BCUT2D eigenvalue weighted by atomic mass is 19.1. The van der Waals surface area contributed by atoms with Gasteiger partial charge < -0.3 is 10.0 Å². The molecule has 0 saturated carbocycles. The Morgan fingerprint density at radius 3 is 2.25 bits per heavy atom. The van der Waals surface area contributed by atoms with E-state index >= 15 is 0 Å². The molecule has 0 saturated heterocycles. The van der Waals surface area contributed by atoms with E-state index in [1.54, 1.807) is 17.0 Å². The zero-order valence-electron chi connectivity index (χ0n) is 11.2. The van der Waals surface area contributed by atoms with E-state index in [4.69, 9.17) is 5.11 Å². The van der Waals surface area contributed by atoms with Gasteiger partial charge in [0.15, 0.2) is 0 Å². The zero-order chi connectivity index (χ0) is 14.5. The van der Waals surface area contributed by atoms with E-state index in [1.807, 2.05) is 31.2 Å². The Morgan fingerprint density at radius 2 is 1.70 bits per heavy atom. The molecule has 0 amide bonds. The van der Waals surface area contributed by atoms with Gasteiger partial charge in [-0.2, -0.15) is 0 Å². The van der Waals surface area contributed by atoms with Crippen LogP contribution in [0.1, 0.15) is 11.1 Å². The van der Waals surface area contributed by atoms with Crippen LogP contribution in [0, 0.1) is 12.7 Å². The molecule has 3 nitrogen and oxygen atoms in total. The predicted octanol–water partition coefficient (Wildman–Crippen LogP) is 3.23. The van der Waals surface area contributed by atoms with Gasteiger partial charge in [-0.1, -0.05) is 29.8 Å². The van der Waals surface area contributed by atoms with E-state index < -0.39 is 5.97 Å². The molecule has 0 unspecified atom stereocenters. The first-order chi connectivity index (χ1) is 9.54. The molecule has 0 spiro atoms. The van der Waals surface area contributed by atoms with E-state index in [2.05, 4.69) is 0 Å². The van der Waals surface area contributed by atoms with Crippen LogP contribution in [0.4, 0.5) is 10.1 Å². The van der Waals surface area contributed by atoms with Crippen LogP contribution in [-0.4, -0.2) is 17.6 Å². The summed E-state index contributed by atoms with van der Waals surface area (Å²) in [4.78, 5) is 12.7. The van der Waals surface area contributed by atoms with Gasteiger partial charge in [0.05, 0.1) is 0 Å². The van der Waals surface area contributed by atoms with Gasteiger partial charge in [-0.3, -0.25) is 4.79 Å². The molecule has 1 N–H and O–H groups in total. The van der Waals surface area contributed by atoms with Crippen LogP contribution >= 0.6 is 0 Å². The number of hydrogen-bond donors (Lipinski definition) is 1. The number of nitrogens with zero attached hydrogens (tertiary/aromatic N) is 1. The van der Waals surface area contributed by atoms with Gasteiger partial charge >= 0.3 is 5.97 Å². The lowest BCUT2D eigenvalue weighted by atomic mass is 10.1. The summed E-state index contributed by atoms with van der Waals surface area (Å²) in [6.07, 6.45) is 0. The summed E-state index contributed by atoms with van der Waals surface area (Å²) >= 11 is 0. The predicted molar refractivity (Wildman–Crippen MR) is 76.3 cm³/mol. The van der Waals surface area contributed by atoms with Crippen molar-refractivity contribution in [1.29, 1.82) is 0 Å². The molecule has 20 heavy (non-hydrogen) atoms. The standard InChI is InChI=1S/C16H16FNO2/c1-12-2-4-13(5-3-12)10-18(11-16(19)20)15-8-6-14(17)7-9-15/h2-9H,10-11H2,1H3,(H,19,20). The summed E-state index contributed by atoms with van der Waals surface area (Å²) in [6, 6.07) is 13.7. The smallest absolute Gasteiger partial charge is 0.323 e. The molecule has 0 heterocycles. The van der Waals surface area contributed by atoms with Crippen LogP contribution in [0.3, 0.4) is 0 Å². The molecule has 0 aliphatic heterocycles. The molecule has 0 atom stereocenters. The lowest BCUT2D eigenvalue weighted by Gasteiger charge is -2.23. The first kappa shape index (κ1) is 14.1. The fourth-order valence-electron chi connectivity index (χ4n) is 1.97. The van der Waals surface area contributed by atoms with Gasteiger partial charge in [0.1, 0.15) is 12.4 Å². The Hall–Kier alpha value is -2.36. The van der Waals surface area contributed by atoms with Gasteiger partial charge in [-0.05, 0) is 36.8 Å². The monoisotopic (exact) mass is 273 g/mol. The van der Waals surface area contributed by atoms with E-state index in [0.717, 1.165) is 11.1 Å². The number of anilines is 1. The molecule has 4 heteroatoms. The van der Waals surface area contributed by atoms with E-state index in [-0.39, 0.29) is 12.4 Å². The van der Waals surface area contributed by atoms with Crippen molar-refractivity contribution in [2.75, 3.05) is 11.4 Å². The Morgan fingerprint density at radius 1 is 1.10 bits per heavy atom. The summed E-state index contributed by atoms with van der Waals surface area (Å²) in [7, 11) is 0. The van der Waals surface area contributed by atoms with Crippen molar-refractivity contribution in [3.8, 4) is 0 Å². The second-order valence-electron chi connectivity index (χ2n) is 4.71. The van der Waals surface area contributed by atoms with Gasteiger partial charge in [-0.15, -0.1) is 0 Å². The minimum absolute atomic E-state index is 0.125. The number of carbonyl (C=O) groups is 1. The number of carboxylic acids is 1. The SMILES string of the molecule is Cc1ccc(CN(CC(=O)O)c2ccc(F)cc2)cc1. The molecule has 0 fully saturated rings. The van der Waals surface area contributed by atoms with Crippen molar-refractivity contribution in [2.45, 2.75) is 13.5 Å². The zero-order valence-corrected chi connectivity index (χ0v) is 11.2. The van der Waals surface area contributed by atoms with E-state index in [0.29, 0.717) is 12.2 Å². The molecule has 0 aromatic heterocycles. The minimum atomic E-state index is -0.915. The summed E-state index contributed by atoms with van der Waals surface area (Å²) in [5.41, 5.74) is 2.86. The highest BCUT2D eigenvalue weighted by Crippen LogP contribution is 2.18. The number of rotatable bonds is 5. The van der Waals surface area contributed by atoms with Crippen LogP contribution < -0.4 is 4.90 Å². The Balaban J connectivity index is 2.21. The molecule has 104 valence electrons. The quantitative estimate of drug-likeness (QED) is 0.909. The third-order valence-corrected chi connectivity index (χ3v) is 3.01.